The summed E-state index contributed by atoms with van der Waals surface area (Å²) < 4.78 is 67.0. The van der Waals surface area contributed by atoms with Gasteiger partial charge in [-0.25, -0.2) is 17.7 Å². The minimum absolute atomic E-state index is 0.0647. The summed E-state index contributed by atoms with van der Waals surface area (Å²) in [6, 6.07) is 13.0. The van der Waals surface area contributed by atoms with Gasteiger partial charge in [-0.3, -0.25) is 0 Å². The lowest BCUT2D eigenvalue weighted by molar-refractivity contribution is -0.137. The molecule has 0 saturated heterocycles. The zero-order chi connectivity index (χ0) is 20.5. The number of halogens is 4. The standard InChI is InChI=1S/C19H14ClF3N2O2S/c1-13-9-10-24-18(11-13)25(28(26,27)15-5-3-2-4-6-15)17-12-14(19(21,22)23)7-8-16(17)20/h2-12H,1H3. The van der Waals surface area contributed by atoms with Gasteiger partial charge in [-0.2, -0.15) is 13.2 Å². The number of nitrogens with zero attached hydrogens (tertiary/aromatic N) is 2. The van der Waals surface area contributed by atoms with E-state index in [0.29, 0.717) is 11.6 Å². The van der Waals surface area contributed by atoms with Gasteiger partial charge in [0.15, 0.2) is 0 Å². The van der Waals surface area contributed by atoms with Crippen LogP contribution in [0.4, 0.5) is 24.7 Å². The monoisotopic (exact) mass is 426 g/mol. The number of sulfonamides is 1. The maximum atomic E-state index is 13.3. The molecule has 0 amide bonds. The van der Waals surface area contributed by atoms with Crippen LogP contribution in [0.15, 0.2) is 71.8 Å². The summed E-state index contributed by atoms with van der Waals surface area (Å²) in [7, 11) is -4.29. The summed E-state index contributed by atoms with van der Waals surface area (Å²) in [5.74, 6) is -0.0647. The van der Waals surface area contributed by atoms with Crippen LogP contribution in [0.1, 0.15) is 11.1 Å². The maximum absolute atomic E-state index is 13.3. The number of aryl methyl sites for hydroxylation is 1. The molecule has 0 bridgehead atoms. The van der Waals surface area contributed by atoms with Crippen LogP contribution in [0, 0.1) is 6.92 Å². The molecule has 1 heterocycles. The van der Waals surface area contributed by atoms with Crippen molar-refractivity contribution in [3.05, 3.63) is 83.0 Å². The predicted octanol–water partition coefficient (Wildman–Crippen LogP) is 5.59. The Morgan fingerprint density at radius 1 is 1.00 bits per heavy atom. The molecule has 0 aliphatic heterocycles. The normalized spacial score (nSPS) is 12.0. The van der Waals surface area contributed by atoms with Crippen LogP contribution in [0.3, 0.4) is 0 Å². The topological polar surface area (TPSA) is 50.3 Å². The van der Waals surface area contributed by atoms with Gasteiger partial charge in [-0.15, -0.1) is 0 Å². The second-order valence-corrected chi connectivity index (χ2v) is 8.13. The highest BCUT2D eigenvalue weighted by Gasteiger charge is 2.34. The van der Waals surface area contributed by atoms with Crippen molar-refractivity contribution in [3.8, 4) is 0 Å². The summed E-state index contributed by atoms with van der Waals surface area (Å²) in [4.78, 5) is 3.94. The molecule has 3 rings (SSSR count). The highest BCUT2D eigenvalue weighted by molar-refractivity contribution is 7.93. The molecule has 0 radical (unpaired) electrons. The highest BCUT2D eigenvalue weighted by Crippen LogP contribution is 2.40. The van der Waals surface area contributed by atoms with Gasteiger partial charge in [-0.1, -0.05) is 29.8 Å². The molecule has 0 aliphatic carbocycles. The zero-order valence-corrected chi connectivity index (χ0v) is 16.1. The maximum Gasteiger partial charge on any atom is 0.416 e. The van der Waals surface area contributed by atoms with Crippen molar-refractivity contribution >= 4 is 33.1 Å². The first kappa shape index (κ1) is 20.2. The van der Waals surface area contributed by atoms with E-state index < -0.39 is 21.8 Å². The van der Waals surface area contributed by atoms with Crippen LogP contribution in [0.2, 0.25) is 5.02 Å². The van der Waals surface area contributed by atoms with Crippen molar-refractivity contribution in [1.82, 2.24) is 4.98 Å². The van der Waals surface area contributed by atoms with E-state index in [0.717, 1.165) is 16.4 Å². The number of hydrogen-bond donors (Lipinski definition) is 0. The summed E-state index contributed by atoms with van der Waals surface area (Å²) in [6.07, 6.45) is -3.29. The molecule has 0 fully saturated rings. The fourth-order valence-corrected chi connectivity index (χ4v) is 4.27. The smallest absolute Gasteiger partial charge is 0.238 e. The third kappa shape index (κ3) is 3.98. The van der Waals surface area contributed by atoms with Crippen molar-refractivity contribution in [3.63, 3.8) is 0 Å². The first-order valence-electron chi connectivity index (χ1n) is 8.00. The first-order valence-corrected chi connectivity index (χ1v) is 9.82. The third-order valence-electron chi connectivity index (χ3n) is 3.88. The number of benzene rings is 2. The number of pyridine rings is 1. The van der Waals surface area contributed by atoms with Crippen molar-refractivity contribution < 1.29 is 21.6 Å². The summed E-state index contributed by atoms with van der Waals surface area (Å²) in [5.41, 5.74) is -0.674. The number of alkyl halides is 3. The average Bonchev–Trinajstić information content (AvgIpc) is 2.63. The van der Waals surface area contributed by atoms with Crippen molar-refractivity contribution in [2.75, 3.05) is 4.31 Å². The van der Waals surface area contributed by atoms with E-state index in [4.69, 9.17) is 11.6 Å². The van der Waals surface area contributed by atoms with Crippen LogP contribution in [0.25, 0.3) is 0 Å². The predicted molar refractivity (Wildman–Crippen MR) is 101 cm³/mol. The Kier molecular flexibility index (Phi) is 5.36. The van der Waals surface area contributed by atoms with Crippen molar-refractivity contribution in [2.24, 2.45) is 0 Å². The van der Waals surface area contributed by atoms with Gasteiger partial charge < -0.3 is 0 Å². The van der Waals surface area contributed by atoms with E-state index in [1.54, 1.807) is 19.1 Å². The Labute approximate surface area is 165 Å². The molecule has 146 valence electrons. The molecule has 0 atom stereocenters. The largest absolute Gasteiger partial charge is 0.416 e. The van der Waals surface area contributed by atoms with Crippen LogP contribution >= 0.6 is 11.6 Å². The van der Waals surface area contributed by atoms with E-state index in [9.17, 15) is 21.6 Å². The van der Waals surface area contributed by atoms with Gasteiger partial charge in [0.25, 0.3) is 10.0 Å². The molecule has 9 heteroatoms. The van der Waals surface area contributed by atoms with Gasteiger partial charge >= 0.3 is 6.18 Å². The molecule has 0 saturated carbocycles. The Bertz CT molecular complexity index is 1100. The minimum atomic E-state index is -4.67. The summed E-state index contributed by atoms with van der Waals surface area (Å²) in [6.45, 7) is 1.71. The number of hydrogen-bond acceptors (Lipinski definition) is 3. The van der Waals surface area contributed by atoms with Gasteiger partial charge in [0, 0.05) is 6.20 Å². The Morgan fingerprint density at radius 3 is 2.29 bits per heavy atom. The SMILES string of the molecule is Cc1ccnc(N(c2cc(C(F)(F)F)ccc2Cl)S(=O)(=O)c2ccccc2)c1. The lowest BCUT2D eigenvalue weighted by Gasteiger charge is -2.25. The average molecular weight is 427 g/mol. The quantitative estimate of drug-likeness (QED) is 0.546. The van der Waals surface area contributed by atoms with Crippen molar-refractivity contribution in [1.29, 1.82) is 0 Å². The summed E-state index contributed by atoms with van der Waals surface area (Å²) in [5, 5.41) is -0.157. The molecule has 3 aromatic rings. The molecule has 1 aromatic heterocycles. The van der Waals surface area contributed by atoms with Crippen molar-refractivity contribution in [2.45, 2.75) is 18.0 Å². The van der Waals surface area contributed by atoms with Gasteiger partial charge in [0.1, 0.15) is 5.82 Å². The van der Waals surface area contributed by atoms with Gasteiger partial charge in [-0.05, 0) is 55.0 Å². The van der Waals surface area contributed by atoms with Crippen LogP contribution in [0.5, 0.6) is 0 Å². The van der Waals surface area contributed by atoms with Crippen LogP contribution < -0.4 is 4.31 Å². The Hall–Kier alpha value is -2.58. The molecular formula is C19H14ClF3N2O2S. The molecule has 28 heavy (non-hydrogen) atoms. The number of aromatic nitrogens is 1. The zero-order valence-electron chi connectivity index (χ0n) is 14.5. The van der Waals surface area contributed by atoms with E-state index in [1.165, 1.54) is 36.5 Å². The van der Waals surface area contributed by atoms with Crippen LogP contribution in [-0.4, -0.2) is 13.4 Å². The minimum Gasteiger partial charge on any atom is -0.238 e. The second kappa shape index (κ2) is 7.44. The molecule has 4 nitrogen and oxygen atoms in total. The van der Waals surface area contributed by atoms with E-state index in [2.05, 4.69) is 4.98 Å². The van der Waals surface area contributed by atoms with E-state index in [-0.39, 0.29) is 21.4 Å². The molecule has 2 aromatic carbocycles. The number of anilines is 2. The summed E-state index contributed by atoms with van der Waals surface area (Å²) >= 11 is 6.12. The fraction of sp³-hybridized carbons (Fsp3) is 0.105. The molecule has 0 N–H and O–H groups in total. The second-order valence-electron chi connectivity index (χ2n) is 5.94. The molecule has 0 spiro atoms. The van der Waals surface area contributed by atoms with E-state index in [1.807, 2.05) is 0 Å². The first-order chi connectivity index (χ1) is 13.1. The van der Waals surface area contributed by atoms with Gasteiger partial charge in [0.2, 0.25) is 0 Å². The van der Waals surface area contributed by atoms with E-state index >= 15 is 0 Å². The lowest BCUT2D eigenvalue weighted by atomic mass is 10.2. The lowest BCUT2D eigenvalue weighted by Crippen LogP contribution is -2.28. The fourth-order valence-electron chi connectivity index (χ4n) is 2.55. The van der Waals surface area contributed by atoms with Gasteiger partial charge in [0.05, 0.1) is 21.2 Å². The molecule has 0 unspecified atom stereocenters. The van der Waals surface area contributed by atoms with Crippen LogP contribution in [-0.2, 0) is 16.2 Å². The molecule has 0 aliphatic rings. The third-order valence-corrected chi connectivity index (χ3v) is 5.93. The Balaban J connectivity index is 2.30. The highest BCUT2D eigenvalue weighted by atomic mass is 35.5. The molecular weight excluding hydrogens is 413 g/mol. The number of rotatable bonds is 4. The Morgan fingerprint density at radius 2 is 1.68 bits per heavy atom.